The zero-order chi connectivity index (χ0) is 38.4. The molecule has 0 rings (SSSR count). The first-order valence-corrected chi connectivity index (χ1v) is 23.0. The normalized spacial score (nSPS) is 14.0. The lowest BCUT2D eigenvalue weighted by Gasteiger charge is -2.28. The quantitative estimate of drug-likeness (QED) is 0.0202. The Morgan fingerprint density at radius 1 is 0.596 bits per heavy atom. The number of carbonyl (C=O) groups is 1. The molecule has 0 saturated carbocycles. The van der Waals surface area contributed by atoms with Gasteiger partial charge in [0, 0.05) is 13.0 Å². The highest BCUT2D eigenvalue weighted by molar-refractivity contribution is 7.45. The average molecular weight is 758 g/mol. The van der Waals surface area contributed by atoms with Crippen LogP contribution in [0, 0.1) is 0 Å². The summed E-state index contributed by atoms with van der Waals surface area (Å²) in [6.45, 7) is 5.39. The maximum absolute atomic E-state index is 12.6. The Bertz CT molecular complexity index is 889. The Balaban J connectivity index is 4.25. The highest BCUT2D eigenvalue weighted by atomic mass is 31.2. The minimum absolute atomic E-state index is 0.0251. The molecule has 0 aromatic heterocycles. The van der Waals surface area contributed by atoms with Crippen LogP contribution in [0.25, 0.3) is 0 Å². The van der Waals surface area contributed by atoms with Gasteiger partial charge in [-0.3, -0.25) is 9.36 Å². The molecule has 9 heteroatoms. The van der Waals surface area contributed by atoms with Gasteiger partial charge in [-0.2, -0.15) is 0 Å². The van der Waals surface area contributed by atoms with E-state index in [1.807, 2.05) is 21.1 Å². The van der Waals surface area contributed by atoms with Gasteiger partial charge in [-0.1, -0.05) is 160 Å². The molecular weight excluding hydrogens is 673 g/mol. The number of allylic oxidation sites excluding steroid dienone is 4. The summed E-state index contributed by atoms with van der Waals surface area (Å²) in [6, 6.07) is 0. The Morgan fingerprint density at radius 2 is 1.06 bits per heavy atom. The van der Waals surface area contributed by atoms with E-state index in [-0.39, 0.29) is 25.8 Å². The summed E-state index contributed by atoms with van der Waals surface area (Å²) < 4.78 is 34.5. The SMILES string of the molecule is CCCCC/C=C\C/C=C\CCCCCCCC(=O)OC(COCCCCCCCCCCCCCCCCC)COP(=O)([O-])OCC[N+](C)(C)C. The van der Waals surface area contributed by atoms with Crippen molar-refractivity contribution in [3.05, 3.63) is 24.3 Å². The van der Waals surface area contributed by atoms with E-state index in [1.54, 1.807) is 0 Å². The van der Waals surface area contributed by atoms with Crippen molar-refractivity contribution in [2.75, 3.05) is 54.1 Å². The van der Waals surface area contributed by atoms with Crippen LogP contribution in [-0.4, -0.2) is 70.7 Å². The van der Waals surface area contributed by atoms with Gasteiger partial charge in [-0.05, 0) is 44.9 Å². The molecular formula is C43H84NO7P. The van der Waals surface area contributed by atoms with Gasteiger partial charge in [0.25, 0.3) is 7.82 Å². The summed E-state index contributed by atoms with van der Waals surface area (Å²) in [5.41, 5.74) is 0. The van der Waals surface area contributed by atoms with Gasteiger partial charge in [0.05, 0.1) is 34.4 Å². The second kappa shape index (κ2) is 36.9. The van der Waals surface area contributed by atoms with Crippen molar-refractivity contribution in [2.24, 2.45) is 0 Å². The highest BCUT2D eigenvalue weighted by Crippen LogP contribution is 2.38. The van der Waals surface area contributed by atoms with Crippen LogP contribution in [0.15, 0.2) is 24.3 Å². The molecule has 0 amide bonds. The van der Waals surface area contributed by atoms with Crippen LogP contribution >= 0.6 is 7.82 Å². The summed E-state index contributed by atoms with van der Waals surface area (Å²) in [6.07, 6.45) is 40.4. The molecule has 52 heavy (non-hydrogen) atoms. The predicted octanol–water partition coefficient (Wildman–Crippen LogP) is 11.8. The van der Waals surface area contributed by atoms with Crippen LogP contribution in [0.3, 0.4) is 0 Å². The standard InChI is InChI=1S/C43H84NO7P/c1-6-8-10-12-14-16-18-20-22-24-26-28-30-32-34-36-43(45)51-42(41-50-52(46,47)49-39-37-44(3,4)5)40-48-38-35-33-31-29-27-25-23-21-19-17-15-13-11-9-7-2/h14,16,20,22,42H,6-13,15,17-19,21,23-41H2,1-5H3/b16-14-,22-20-. The summed E-state index contributed by atoms with van der Waals surface area (Å²) in [7, 11) is 1.35. The van der Waals surface area contributed by atoms with E-state index in [1.165, 1.54) is 109 Å². The number of esters is 1. The van der Waals surface area contributed by atoms with E-state index in [0.717, 1.165) is 57.8 Å². The Kier molecular flexibility index (Phi) is 36.2. The molecule has 0 aromatic carbocycles. The van der Waals surface area contributed by atoms with Crippen molar-refractivity contribution in [1.29, 1.82) is 0 Å². The number of rotatable bonds is 40. The van der Waals surface area contributed by atoms with Gasteiger partial charge in [0.2, 0.25) is 0 Å². The molecule has 0 saturated heterocycles. The lowest BCUT2D eigenvalue weighted by atomic mass is 10.0. The lowest BCUT2D eigenvalue weighted by molar-refractivity contribution is -0.870. The summed E-state index contributed by atoms with van der Waals surface area (Å²) >= 11 is 0. The van der Waals surface area contributed by atoms with Crippen LogP contribution in [-0.2, 0) is 27.9 Å². The van der Waals surface area contributed by atoms with Gasteiger partial charge in [0.1, 0.15) is 19.3 Å². The number of ether oxygens (including phenoxy) is 2. The van der Waals surface area contributed by atoms with E-state index >= 15 is 0 Å². The molecule has 8 nitrogen and oxygen atoms in total. The third-order valence-corrected chi connectivity index (χ3v) is 10.2. The summed E-state index contributed by atoms with van der Waals surface area (Å²) in [5, 5.41) is 0. The van der Waals surface area contributed by atoms with E-state index in [0.29, 0.717) is 24.1 Å². The average Bonchev–Trinajstić information content (AvgIpc) is 3.09. The molecule has 0 aromatic rings. The van der Waals surface area contributed by atoms with E-state index in [2.05, 4.69) is 38.2 Å². The summed E-state index contributed by atoms with van der Waals surface area (Å²) in [4.78, 5) is 25.0. The summed E-state index contributed by atoms with van der Waals surface area (Å²) in [5.74, 6) is -0.346. The second-order valence-electron chi connectivity index (χ2n) is 15.7. The van der Waals surface area contributed by atoms with E-state index in [4.69, 9.17) is 18.5 Å². The van der Waals surface area contributed by atoms with Crippen molar-refractivity contribution in [3.63, 3.8) is 0 Å². The fraction of sp³-hybridized carbons (Fsp3) is 0.884. The molecule has 2 atom stereocenters. The maximum Gasteiger partial charge on any atom is 0.306 e. The van der Waals surface area contributed by atoms with Crippen LogP contribution in [0.1, 0.15) is 187 Å². The monoisotopic (exact) mass is 758 g/mol. The highest BCUT2D eigenvalue weighted by Gasteiger charge is 2.20. The number of hydrogen-bond donors (Lipinski definition) is 0. The molecule has 0 aliphatic carbocycles. The van der Waals surface area contributed by atoms with Crippen molar-refractivity contribution < 1.29 is 37.3 Å². The number of nitrogens with zero attached hydrogens (tertiary/aromatic N) is 1. The zero-order valence-corrected chi connectivity index (χ0v) is 35.7. The van der Waals surface area contributed by atoms with Crippen LogP contribution in [0.4, 0.5) is 0 Å². The first kappa shape index (κ1) is 51.0. The van der Waals surface area contributed by atoms with Gasteiger partial charge in [-0.25, -0.2) is 0 Å². The fourth-order valence-electron chi connectivity index (χ4n) is 5.87. The molecule has 0 N–H and O–H groups in total. The molecule has 0 heterocycles. The molecule has 2 unspecified atom stereocenters. The molecule has 0 bridgehead atoms. The van der Waals surface area contributed by atoms with Crippen LogP contribution < -0.4 is 4.89 Å². The van der Waals surface area contributed by atoms with E-state index < -0.39 is 13.9 Å². The van der Waals surface area contributed by atoms with Crippen LogP contribution in [0.5, 0.6) is 0 Å². The Morgan fingerprint density at radius 3 is 1.60 bits per heavy atom. The maximum atomic E-state index is 12.6. The fourth-order valence-corrected chi connectivity index (χ4v) is 6.60. The molecule has 0 aliphatic rings. The first-order valence-electron chi connectivity index (χ1n) is 21.6. The zero-order valence-electron chi connectivity index (χ0n) is 34.8. The molecule has 308 valence electrons. The lowest BCUT2D eigenvalue weighted by Crippen LogP contribution is -2.37. The number of carbonyl (C=O) groups excluding carboxylic acids is 1. The minimum atomic E-state index is -4.52. The number of unbranched alkanes of at least 4 members (excludes halogenated alkanes) is 22. The number of phosphoric ester groups is 1. The number of likely N-dealkylation sites (N-methyl/N-ethyl adjacent to an activating group) is 1. The Hall–Kier alpha value is -1.02. The van der Waals surface area contributed by atoms with Crippen molar-refractivity contribution in [2.45, 2.75) is 193 Å². The van der Waals surface area contributed by atoms with Gasteiger partial charge in [-0.15, -0.1) is 0 Å². The number of quaternary nitrogens is 1. The van der Waals surface area contributed by atoms with Crippen LogP contribution in [0.2, 0.25) is 0 Å². The van der Waals surface area contributed by atoms with Gasteiger partial charge < -0.3 is 27.9 Å². The third-order valence-electron chi connectivity index (χ3n) is 9.26. The smallest absolute Gasteiger partial charge is 0.306 e. The largest absolute Gasteiger partial charge is 0.756 e. The van der Waals surface area contributed by atoms with Gasteiger partial charge in [0.15, 0.2) is 0 Å². The first-order chi connectivity index (χ1) is 25.1. The van der Waals surface area contributed by atoms with Crippen molar-refractivity contribution >= 4 is 13.8 Å². The topological polar surface area (TPSA) is 94.1 Å². The Labute approximate surface area is 322 Å². The molecule has 0 aliphatic heterocycles. The van der Waals surface area contributed by atoms with Crippen molar-refractivity contribution in [1.82, 2.24) is 0 Å². The number of hydrogen-bond acceptors (Lipinski definition) is 7. The van der Waals surface area contributed by atoms with Crippen molar-refractivity contribution in [3.8, 4) is 0 Å². The minimum Gasteiger partial charge on any atom is -0.756 e. The number of phosphoric acid groups is 1. The van der Waals surface area contributed by atoms with E-state index in [9.17, 15) is 14.3 Å². The second-order valence-corrected chi connectivity index (χ2v) is 17.1. The molecule has 0 fully saturated rings. The third kappa shape index (κ3) is 40.2. The molecule has 0 spiro atoms. The van der Waals surface area contributed by atoms with Gasteiger partial charge >= 0.3 is 5.97 Å². The molecule has 0 radical (unpaired) electrons. The predicted molar refractivity (Wildman–Crippen MR) is 217 cm³/mol.